The van der Waals surface area contributed by atoms with Crippen LogP contribution in [0.1, 0.15) is 27.0 Å². The number of benzene rings is 2. The van der Waals surface area contributed by atoms with Crippen LogP contribution in [0.25, 0.3) is 5.69 Å². The molecular formula is C18H18N4O2S. The largest absolute Gasteiger partial charge is 0.465 e. The number of hydrogen-bond donors (Lipinski definition) is 0. The van der Waals surface area contributed by atoms with Gasteiger partial charge in [-0.05, 0) is 53.6 Å². The SMILES string of the molecule is COC(=O)c1cccc(CSc2nnnn2-c2ccc(C)cc2C)c1. The van der Waals surface area contributed by atoms with E-state index in [1.165, 1.54) is 24.4 Å². The van der Waals surface area contributed by atoms with E-state index in [4.69, 9.17) is 4.74 Å². The van der Waals surface area contributed by atoms with Gasteiger partial charge < -0.3 is 4.74 Å². The van der Waals surface area contributed by atoms with Crippen LogP contribution < -0.4 is 0 Å². The fourth-order valence-corrected chi connectivity index (χ4v) is 3.34. The van der Waals surface area contributed by atoms with Crippen LogP contribution in [0.2, 0.25) is 0 Å². The fourth-order valence-electron chi connectivity index (χ4n) is 2.52. The van der Waals surface area contributed by atoms with Crippen molar-refractivity contribution in [1.29, 1.82) is 0 Å². The lowest BCUT2D eigenvalue weighted by atomic mass is 10.1. The zero-order valence-electron chi connectivity index (χ0n) is 14.3. The fraction of sp³-hybridized carbons (Fsp3) is 0.222. The molecule has 0 aliphatic rings. The maximum absolute atomic E-state index is 11.6. The number of methoxy groups -OCH3 is 1. The Bertz CT molecular complexity index is 908. The number of ether oxygens (including phenoxy) is 1. The van der Waals surface area contributed by atoms with Crippen LogP contribution in [0.3, 0.4) is 0 Å². The number of rotatable bonds is 5. The lowest BCUT2D eigenvalue weighted by Crippen LogP contribution is -2.03. The molecule has 0 saturated heterocycles. The number of esters is 1. The summed E-state index contributed by atoms with van der Waals surface area (Å²) < 4.78 is 6.50. The molecule has 25 heavy (non-hydrogen) atoms. The molecule has 7 heteroatoms. The van der Waals surface area contributed by atoms with E-state index in [2.05, 4.69) is 28.5 Å². The molecule has 6 nitrogen and oxygen atoms in total. The summed E-state index contributed by atoms with van der Waals surface area (Å²) in [5.74, 6) is 0.308. The van der Waals surface area contributed by atoms with Gasteiger partial charge in [-0.3, -0.25) is 0 Å². The van der Waals surface area contributed by atoms with Gasteiger partial charge in [0.15, 0.2) is 0 Å². The van der Waals surface area contributed by atoms with Crippen molar-refractivity contribution >= 4 is 17.7 Å². The number of carbonyl (C=O) groups is 1. The third-order valence-corrected chi connectivity index (χ3v) is 4.73. The van der Waals surface area contributed by atoms with Crippen LogP contribution in [-0.4, -0.2) is 33.3 Å². The maximum atomic E-state index is 11.6. The number of hydrogen-bond acceptors (Lipinski definition) is 6. The molecule has 0 spiro atoms. The van der Waals surface area contributed by atoms with E-state index in [0.717, 1.165) is 16.8 Å². The third-order valence-electron chi connectivity index (χ3n) is 3.74. The molecule has 2 aromatic carbocycles. The van der Waals surface area contributed by atoms with Crippen molar-refractivity contribution in [2.75, 3.05) is 7.11 Å². The highest BCUT2D eigenvalue weighted by Crippen LogP contribution is 2.24. The van der Waals surface area contributed by atoms with Crippen molar-refractivity contribution in [1.82, 2.24) is 20.2 Å². The Kier molecular flexibility index (Phi) is 5.14. The Hall–Kier alpha value is -2.67. The normalized spacial score (nSPS) is 10.7. The van der Waals surface area contributed by atoms with Gasteiger partial charge in [-0.15, -0.1) is 5.10 Å². The van der Waals surface area contributed by atoms with Crippen LogP contribution >= 0.6 is 11.8 Å². The summed E-state index contributed by atoms with van der Waals surface area (Å²) in [5.41, 5.74) is 4.81. The molecular weight excluding hydrogens is 336 g/mol. The summed E-state index contributed by atoms with van der Waals surface area (Å²) >= 11 is 1.52. The van der Waals surface area contributed by atoms with E-state index in [9.17, 15) is 4.79 Å². The topological polar surface area (TPSA) is 69.9 Å². The lowest BCUT2D eigenvalue weighted by Gasteiger charge is -2.08. The Morgan fingerprint density at radius 2 is 2.04 bits per heavy atom. The molecule has 3 aromatic rings. The molecule has 0 atom stereocenters. The first-order valence-corrected chi connectivity index (χ1v) is 8.73. The molecule has 0 unspecified atom stereocenters. The Labute approximate surface area is 150 Å². The van der Waals surface area contributed by atoms with E-state index in [-0.39, 0.29) is 5.97 Å². The number of aryl methyl sites for hydroxylation is 2. The molecule has 1 heterocycles. The predicted octanol–water partition coefficient (Wildman–Crippen LogP) is 3.36. The number of tetrazole rings is 1. The Morgan fingerprint density at radius 3 is 2.80 bits per heavy atom. The number of carbonyl (C=O) groups excluding carboxylic acids is 1. The lowest BCUT2D eigenvalue weighted by molar-refractivity contribution is 0.0600. The molecule has 0 amide bonds. The Balaban J connectivity index is 1.79. The van der Waals surface area contributed by atoms with Gasteiger partial charge in [0, 0.05) is 5.75 Å². The van der Waals surface area contributed by atoms with Gasteiger partial charge in [0.25, 0.3) is 0 Å². The average Bonchev–Trinajstić information content (AvgIpc) is 3.08. The standard InChI is InChI=1S/C18H18N4O2S/c1-12-7-8-16(13(2)9-12)22-18(19-20-21-22)25-11-14-5-4-6-15(10-14)17(23)24-3/h4-10H,11H2,1-3H3. The van der Waals surface area contributed by atoms with E-state index in [0.29, 0.717) is 16.5 Å². The van der Waals surface area contributed by atoms with Crippen LogP contribution in [0.5, 0.6) is 0 Å². The summed E-state index contributed by atoms with van der Waals surface area (Å²) in [6.07, 6.45) is 0. The van der Waals surface area contributed by atoms with Crippen molar-refractivity contribution in [3.8, 4) is 5.69 Å². The van der Waals surface area contributed by atoms with Crippen molar-refractivity contribution in [3.05, 3.63) is 64.7 Å². The van der Waals surface area contributed by atoms with E-state index >= 15 is 0 Å². The summed E-state index contributed by atoms with van der Waals surface area (Å²) in [6, 6.07) is 13.5. The monoisotopic (exact) mass is 354 g/mol. The van der Waals surface area contributed by atoms with Gasteiger partial charge in [-0.25, -0.2) is 4.79 Å². The smallest absolute Gasteiger partial charge is 0.337 e. The highest BCUT2D eigenvalue weighted by atomic mass is 32.2. The van der Waals surface area contributed by atoms with Crippen LogP contribution in [0.15, 0.2) is 47.6 Å². The van der Waals surface area contributed by atoms with Gasteiger partial charge in [-0.2, -0.15) is 4.68 Å². The summed E-state index contributed by atoms with van der Waals surface area (Å²) in [5, 5.41) is 12.7. The molecule has 1 aromatic heterocycles. The van der Waals surface area contributed by atoms with E-state index < -0.39 is 0 Å². The summed E-state index contributed by atoms with van der Waals surface area (Å²) in [4.78, 5) is 11.6. The predicted molar refractivity (Wildman–Crippen MR) is 96.0 cm³/mol. The minimum Gasteiger partial charge on any atom is -0.465 e. The van der Waals surface area contributed by atoms with Crippen LogP contribution in [0.4, 0.5) is 0 Å². The van der Waals surface area contributed by atoms with E-state index in [1.54, 1.807) is 10.7 Å². The molecule has 0 bridgehead atoms. The minimum absolute atomic E-state index is 0.341. The molecule has 0 fully saturated rings. The molecule has 128 valence electrons. The van der Waals surface area contributed by atoms with Crippen molar-refractivity contribution < 1.29 is 9.53 Å². The first-order chi connectivity index (χ1) is 12.1. The zero-order chi connectivity index (χ0) is 17.8. The van der Waals surface area contributed by atoms with Crippen molar-refractivity contribution in [3.63, 3.8) is 0 Å². The second-order valence-corrected chi connectivity index (χ2v) is 6.59. The first kappa shape index (κ1) is 17.2. The second-order valence-electron chi connectivity index (χ2n) is 5.64. The maximum Gasteiger partial charge on any atom is 0.337 e. The molecule has 0 aliphatic heterocycles. The number of thioether (sulfide) groups is 1. The van der Waals surface area contributed by atoms with E-state index in [1.807, 2.05) is 37.3 Å². The summed E-state index contributed by atoms with van der Waals surface area (Å²) in [7, 11) is 1.38. The van der Waals surface area contributed by atoms with Crippen LogP contribution in [0, 0.1) is 13.8 Å². The molecule has 3 rings (SSSR count). The van der Waals surface area contributed by atoms with Crippen molar-refractivity contribution in [2.45, 2.75) is 24.8 Å². The molecule has 0 N–H and O–H groups in total. The highest BCUT2D eigenvalue weighted by molar-refractivity contribution is 7.98. The molecule has 0 radical (unpaired) electrons. The van der Waals surface area contributed by atoms with Gasteiger partial charge in [0.1, 0.15) is 0 Å². The number of nitrogens with zero attached hydrogens (tertiary/aromatic N) is 4. The zero-order valence-corrected chi connectivity index (χ0v) is 15.1. The minimum atomic E-state index is -0.341. The average molecular weight is 354 g/mol. The van der Waals surface area contributed by atoms with Gasteiger partial charge in [0.2, 0.25) is 5.16 Å². The quantitative estimate of drug-likeness (QED) is 0.517. The second kappa shape index (κ2) is 7.48. The Morgan fingerprint density at radius 1 is 1.20 bits per heavy atom. The highest BCUT2D eigenvalue weighted by Gasteiger charge is 2.12. The number of aromatic nitrogens is 4. The third kappa shape index (κ3) is 3.88. The van der Waals surface area contributed by atoms with Gasteiger partial charge >= 0.3 is 5.97 Å². The first-order valence-electron chi connectivity index (χ1n) is 7.74. The van der Waals surface area contributed by atoms with Crippen LogP contribution in [-0.2, 0) is 10.5 Å². The van der Waals surface area contributed by atoms with Gasteiger partial charge in [0.05, 0.1) is 18.4 Å². The molecule has 0 saturated carbocycles. The van der Waals surface area contributed by atoms with Gasteiger partial charge in [-0.1, -0.05) is 41.6 Å². The summed E-state index contributed by atoms with van der Waals surface area (Å²) in [6.45, 7) is 4.10. The van der Waals surface area contributed by atoms with Crippen molar-refractivity contribution in [2.24, 2.45) is 0 Å². The molecule has 0 aliphatic carbocycles.